The van der Waals surface area contributed by atoms with Crippen LogP contribution in [0.3, 0.4) is 0 Å². The second-order valence-electron chi connectivity index (χ2n) is 16.5. The summed E-state index contributed by atoms with van der Waals surface area (Å²) >= 11 is 0. The maximum absolute atomic E-state index is 3.94. The van der Waals surface area contributed by atoms with Gasteiger partial charge < -0.3 is 10.2 Å². The molecule has 9 aromatic rings. The minimum absolute atomic E-state index is 0.0967. The minimum Gasteiger partial charge on any atom is -0.358 e. The summed E-state index contributed by atoms with van der Waals surface area (Å²) in [5, 5.41) is 11.6. The van der Waals surface area contributed by atoms with Gasteiger partial charge in [0.1, 0.15) is 0 Å². The van der Waals surface area contributed by atoms with Crippen molar-refractivity contribution in [3.8, 4) is 33.4 Å². The highest BCUT2D eigenvalue weighted by atomic mass is 15.2. The van der Waals surface area contributed by atoms with Crippen LogP contribution in [0.5, 0.6) is 0 Å². The van der Waals surface area contributed by atoms with Crippen LogP contribution in [0.25, 0.3) is 65.7 Å². The Bertz CT molecular complexity index is 3170. The molecule has 11 rings (SSSR count). The molecule has 0 unspecified atom stereocenters. The molecule has 0 atom stereocenters. The lowest BCUT2D eigenvalue weighted by atomic mass is 9.82. The van der Waals surface area contributed by atoms with Crippen LogP contribution in [0, 0.1) is 0 Å². The third-order valence-electron chi connectivity index (χ3n) is 12.7. The van der Waals surface area contributed by atoms with Gasteiger partial charge in [0.15, 0.2) is 0 Å². The molecule has 2 nitrogen and oxygen atoms in total. The van der Waals surface area contributed by atoms with Crippen LogP contribution >= 0.6 is 0 Å². The fourth-order valence-electron chi connectivity index (χ4n) is 9.83. The van der Waals surface area contributed by atoms with Crippen molar-refractivity contribution in [3.05, 3.63) is 223 Å². The van der Waals surface area contributed by atoms with E-state index in [9.17, 15) is 0 Å². The maximum Gasteiger partial charge on any atom is 0.0536 e. The summed E-state index contributed by atoms with van der Waals surface area (Å²) in [6.07, 6.45) is 6.40. The second kappa shape index (κ2) is 14.0. The van der Waals surface area contributed by atoms with Gasteiger partial charge in [0.05, 0.1) is 5.69 Å². The number of anilines is 3. The van der Waals surface area contributed by atoms with Crippen molar-refractivity contribution in [2.45, 2.75) is 32.1 Å². The Hall–Kier alpha value is -7.16. The number of nitrogens with zero attached hydrogens (tertiary/aromatic N) is 1. The molecule has 2 aliphatic carbocycles. The average Bonchev–Trinajstić information content (AvgIpc) is 3.52. The Balaban J connectivity index is 1.02. The van der Waals surface area contributed by atoms with E-state index in [1.54, 1.807) is 0 Å². The second-order valence-corrected chi connectivity index (χ2v) is 16.5. The number of rotatable bonds is 7. The van der Waals surface area contributed by atoms with Gasteiger partial charge in [-0.2, -0.15) is 0 Å². The molecule has 0 radical (unpaired) electrons. The first-order valence-electron chi connectivity index (χ1n) is 20.8. The van der Waals surface area contributed by atoms with Crippen molar-refractivity contribution >= 4 is 49.4 Å². The third kappa shape index (κ3) is 5.86. The lowest BCUT2D eigenvalue weighted by Gasteiger charge is -2.33. The van der Waals surface area contributed by atoms with Crippen molar-refractivity contribution in [1.82, 2.24) is 0 Å². The molecule has 1 N–H and O–H groups in total. The van der Waals surface area contributed by atoms with Gasteiger partial charge in [-0.05, 0) is 121 Å². The maximum atomic E-state index is 3.94. The largest absolute Gasteiger partial charge is 0.358 e. The molecule has 0 heterocycles. The van der Waals surface area contributed by atoms with Crippen LogP contribution < -0.4 is 10.2 Å². The van der Waals surface area contributed by atoms with E-state index in [1.165, 1.54) is 99.6 Å². The average molecular weight is 757 g/mol. The molecule has 0 saturated carbocycles. The van der Waals surface area contributed by atoms with Crippen LogP contribution in [0.1, 0.15) is 37.8 Å². The lowest BCUT2D eigenvalue weighted by molar-refractivity contribution is 0.660. The molecule has 59 heavy (non-hydrogen) atoms. The van der Waals surface area contributed by atoms with Crippen LogP contribution in [0.15, 0.2) is 212 Å². The number of fused-ring (bicyclic) bond motifs is 8. The highest BCUT2D eigenvalue weighted by Crippen LogP contribution is 2.51. The summed E-state index contributed by atoms with van der Waals surface area (Å²) in [6, 6.07) is 69.0. The Morgan fingerprint density at radius 3 is 1.97 bits per heavy atom. The standard InChI is InChI=1S/C57H44N2/c1-57(2)52-25-13-10-23-47(52)48-35-33-43(37-53(48)57)59(55-27-15-12-21-45(55)38-16-4-3-5-17-38)42-31-29-41(30-32-42)58-54-26-14-11-24-49(54)51-36-40-19-7-8-20-44(40)50-34-28-39-18-6-9-22-46(39)56(50)51/h3-29,31,33-37,58H,30,32H2,1-2H3. The summed E-state index contributed by atoms with van der Waals surface area (Å²) in [5.41, 5.74) is 16.2. The van der Waals surface area contributed by atoms with Crippen molar-refractivity contribution in [2.24, 2.45) is 0 Å². The number of allylic oxidation sites excluding steroid dienone is 4. The molecular weight excluding hydrogens is 713 g/mol. The summed E-state index contributed by atoms with van der Waals surface area (Å²) in [6.45, 7) is 4.73. The predicted molar refractivity (Wildman–Crippen MR) is 251 cm³/mol. The lowest BCUT2D eigenvalue weighted by Crippen LogP contribution is -2.21. The van der Waals surface area contributed by atoms with E-state index in [4.69, 9.17) is 0 Å². The molecule has 0 aromatic heterocycles. The van der Waals surface area contributed by atoms with Gasteiger partial charge in [-0.15, -0.1) is 0 Å². The topological polar surface area (TPSA) is 15.3 Å². The Labute approximate surface area is 346 Å². The van der Waals surface area contributed by atoms with Gasteiger partial charge in [0, 0.05) is 39.3 Å². The molecular formula is C57H44N2. The van der Waals surface area contributed by atoms with E-state index >= 15 is 0 Å². The molecule has 282 valence electrons. The summed E-state index contributed by atoms with van der Waals surface area (Å²) < 4.78 is 0. The third-order valence-corrected chi connectivity index (χ3v) is 12.7. The summed E-state index contributed by atoms with van der Waals surface area (Å²) in [5.74, 6) is 0. The number of para-hydroxylation sites is 2. The monoisotopic (exact) mass is 756 g/mol. The Kier molecular flexibility index (Phi) is 8.34. The zero-order valence-electron chi connectivity index (χ0n) is 33.4. The summed E-state index contributed by atoms with van der Waals surface area (Å²) in [7, 11) is 0. The van der Waals surface area contributed by atoms with Crippen LogP contribution in [0.4, 0.5) is 17.1 Å². The quantitative estimate of drug-likeness (QED) is 0.163. The smallest absolute Gasteiger partial charge is 0.0536 e. The van der Waals surface area contributed by atoms with Gasteiger partial charge in [-0.25, -0.2) is 0 Å². The molecule has 0 bridgehead atoms. The SMILES string of the molecule is CC1(C)c2ccccc2-c2ccc(N(C3=CC=C(Nc4ccccc4-c4cc5ccccc5c5ccc6ccccc6c45)CC3)c3ccccc3-c3ccccc3)cc21. The van der Waals surface area contributed by atoms with Gasteiger partial charge in [-0.1, -0.05) is 172 Å². The highest BCUT2D eigenvalue weighted by Gasteiger charge is 2.36. The van der Waals surface area contributed by atoms with Gasteiger partial charge >= 0.3 is 0 Å². The van der Waals surface area contributed by atoms with Crippen molar-refractivity contribution in [2.75, 3.05) is 10.2 Å². The first-order chi connectivity index (χ1) is 29.0. The first kappa shape index (κ1) is 35.0. The van der Waals surface area contributed by atoms with E-state index in [-0.39, 0.29) is 5.41 Å². The number of benzene rings is 9. The molecule has 2 heteroatoms. The first-order valence-corrected chi connectivity index (χ1v) is 20.8. The van der Waals surface area contributed by atoms with Crippen LogP contribution in [-0.2, 0) is 5.41 Å². The normalized spacial score (nSPS) is 14.1. The van der Waals surface area contributed by atoms with Crippen molar-refractivity contribution in [3.63, 3.8) is 0 Å². The number of hydrogen-bond acceptors (Lipinski definition) is 2. The van der Waals surface area contributed by atoms with E-state index < -0.39 is 0 Å². The molecule has 0 saturated heterocycles. The van der Waals surface area contributed by atoms with E-state index in [2.05, 4.69) is 224 Å². The van der Waals surface area contributed by atoms with Gasteiger partial charge in [-0.3, -0.25) is 0 Å². The van der Waals surface area contributed by atoms with Crippen molar-refractivity contribution < 1.29 is 0 Å². The zero-order chi connectivity index (χ0) is 39.5. The fourth-order valence-corrected chi connectivity index (χ4v) is 9.83. The summed E-state index contributed by atoms with van der Waals surface area (Å²) in [4.78, 5) is 2.51. The fraction of sp³-hybridized carbons (Fsp3) is 0.0877. The minimum atomic E-state index is -0.0967. The van der Waals surface area contributed by atoms with Crippen molar-refractivity contribution in [1.29, 1.82) is 0 Å². The highest BCUT2D eigenvalue weighted by molar-refractivity contribution is 6.23. The molecule has 0 amide bonds. The molecule has 0 spiro atoms. The number of nitrogens with one attached hydrogen (secondary N) is 1. The molecule has 2 aliphatic rings. The van der Waals surface area contributed by atoms with Crippen LogP contribution in [-0.4, -0.2) is 0 Å². The molecule has 0 aliphatic heterocycles. The Morgan fingerprint density at radius 1 is 0.458 bits per heavy atom. The van der Waals surface area contributed by atoms with E-state index in [0.29, 0.717) is 0 Å². The van der Waals surface area contributed by atoms with Gasteiger partial charge in [0.25, 0.3) is 0 Å². The van der Waals surface area contributed by atoms with Crippen LogP contribution in [0.2, 0.25) is 0 Å². The molecule has 9 aromatic carbocycles. The van der Waals surface area contributed by atoms with E-state index in [0.717, 1.165) is 18.5 Å². The predicted octanol–water partition coefficient (Wildman–Crippen LogP) is 15.6. The number of hydrogen-bond donors (Lipinski definition) is 1. The van der Waals surface area contributed by atoms with Gasteiger partial charge in [0.2, 0.25) is 0 Å². The Morgan fingerprint density at radius 2 is 1.14 bits per heavy atom. The zero-order valence-corrected chi connectivity index (χ0v) is 33.4. The molecule has 0 fully saturated rings. The van der Waals surface area contributed by atoms with E-state index in [1.807, 2.05) is 0 Å².